The molecule has 1 amide bonds. The molecule has 3 aromatic carbocycles. The molecule has 0 aromatic heterocycles. The number of fused-ring (bicyclic) bond motifs is 3. The largest absolute Gasteiger partial charge is 0.497 e. The lowest BCUT2D eigenvalue weighted by Gasteiger charge is -2.23. The number of methoxy groups -OCH3 is 1. The van der Waals surface area contributed by atoms with Gasteiger partial charge < -0.3 is 14.8 Å². The van der Waals surface area contributed by atoms with Gasteiger partial charge in [0.05, 0.1) is 13.7 Å². The Morgan fingerprint density at radius 3 is 2.74 bits per heavy atom. The minimum atomic E-state index is -0.0560. The first-order valence-corrected chi connectivity index (χ1v) is 14.1. The number of hydrogen-bond donors (Lipinski definition) is 1. The maximum Gasteiger partial charge on any atom is 0.251 e. The summed E-state index contributed by atoms with van der Waals surface area (Å²) in [6.45, 7) is 4.68. The van der Waals surface area contributed by atoms with E-state index in [1.54, 1.807) is 7.11 Å². The topological polar surface area (TPSA) is 50.8 Å². The lowest BCUT2D eigenvalue weighted by Crippen LogP contribution is -2.27. The van der Waals surface area contributed by atoms with Crippen LogP contribution in [0.15, 0.2) is 66.7 Å². The standard InChI is InChI=1S/C33H40N2O3/c1-37-31-10-6-7-25(21-31)15-16-34-33(36)29-13-14-32-30(22-29)20-27-8-5-9-28(19-27)24-35(23-26-11-12-26)17-3-2-4-18-38-32/h5-10,13-14,19,21-22,26H,2-4,11-12,15-18,20,23-24H2,1H3,(H,34,36). The van der Waals surface area contributed by atoms with Crippen LogP contribution in [0.4, 0.5) is 0 Å². The van der Waals surface area contributed by atoms with E-state index in [9.17, 15) is 4.79 Å². The number of carbonyl (C=O) groups is 1. The molecular formula is C33H40N2O3. The minimum Gasteiger partial charge on any atom is -0.497 e. The summed E-state index contributed by atoms with van der Waals surface area (Å²) in [6, 6.07) is 22.8. The first-order chi connectivity index (χ1) is 18.7. The number of nitrogens with one attached hydrogen (secondary N) is 1. The van der Waals surface area contributed by atoms with Gasteiger partial charge in [0.25, 0.3) is 5.91 Å². The SMILES string of the molecule is COc1cccc(CCNC(=O)c2ccc3c(c2)Cc2cccc(c2)CN(CC2CC2)CCCCCO3)c1. The molecule has 1 aliphatic heterocycles. The highest BCUT2D eigenvalue weighted by Crippen LogP contribution is 2.31. The molecule has 0 radical (unpaired) electrons. The van der Waals surface area contributed by atoms with Crippen molar-refractivity contribution in [3.05, 3.63) is 94.5 Å². The summed E-state index contributed by atoms with van der Waals surface area (Å²) < 4.78 is 11.5. The van der Waals surface area contributed by atoms with Gasteiger partial charge >= 0.3 is 0 Å². The van der Waals surface area contributed by atoms with Crippen molar-refractivity contribution in [2.75, 3.05) is 33.4 Å². The molecule has 0 atom stereocenters. The number of hydrogen-bond acceptors (Lipinski definition) is 4. The van der Waals surface area contributed by atoms with Crippen LogP contribution in [0.2, 0.25) is 0 Å². The van der Waals surface area contributed by atoms with Crippen LogP contribution in [-0.4, -0.2) is 44.2 Å². The Morgan fingerprint density at radius 1 is 1.00 bits per heavy atom. The zero-order chi connectivity index (χ0) is 26.2. The van der Waals surface area contributed by atoms with Gasteiger partial charge in [-0.3, -0.25) is 9.69 Å². The van der Waals surface area contributed by atoms with E-state index in [0.29, 0.717) is 18.7 Å². The monoisotopic (exact) mass is 512 g/mol. The highest BCUT2D eigenvalue weighted by molar-refractivity contribution is 5.94. The number of rotatable bonds is 7. The summed E-state index contributed by atoms with van der Waals surface area (Å²) in [5, 5.41) is 3.08. The summed E-state index contributed by atoms with van der Waals surface area (Å²) in [7, 11) is 1.67. The van der Waals surface area contributed by atoms with Gasteiger partial charge in [-0.15, -0.1) is 0 Å². The molecule has 5 nitrogen and oxygen atoms in total. The maximum absolute atomic E-state index is 13.0. The van der Waals surface area contributed by atoms with Crippen molar-refractivity contribution in [3.63, 3.8) is 0 Å². The van der Waals surface area contributed by atoms with Gasteiger partial charge in [0.2, 0.25) is 0 Å². The maximum atomic E-state index is 13.0. The first-order valence-electron chi connectivity index (χ1n) is 14.1. The molecule has 38 heavy (non-hydrogen) atoms. The molecule has 1 N–H and O–H groups in total. The van der Waals surface area contributed by atoms with Crippen molar-refractivity contribution < 1.29 is 14.3 Å². The summed E-state index contributed by atoms with van der Waals surface area (Å²) in [5.41, 5.74) is 5.50. The van der Waals surface area contributed by atoms with Gasteiger partial charge in [-0.25, -0.2) is 0 Å². The van der Waals surface area contributed by atoms with Crippen molar-refractivity contribution in [1.29, 1.82) is 0 Å². The molecule has 5 heteroatoms. The quantitative estimate of drug-likeness (QED) is 0.420. The number of nitrogens with zero attached hydrogens (tertiary/aromatic N) is 1. The van der Waals surface area contributed by atoms with E-state index in [2.05, 4.69) is 40.5 Å². The van der Waals surface area contributed by atoms with Gasteiger partial charge in [-0.05, 0) is 104 Å². The van der Waals surface area contributed by atoms with Crippen molar-refractivity contribution in [2.45, 2.75) is 51.5 Å². The average molecular weight is 513 g/mol. The summed E-state index contributed by atoms with van der Waals surface area (Å²) >= 11 is 0. The minimum absolute atomic E-state index is 0.0560. The van der Waals surface area contributed by atoms with E-state index in [4.69, 9.17) is 9.47 Å². The molecule has 3 aromatic rings. The van der Waals surface area contributed by atoms with Crippen LogP contribution in [0, 0.1) is 5.92 Å². The third kappa shape index (κ3) is 7.61. The summed E-state index contributed by atoms with van der Waals surface area (Å²) in [4.78, 5) is 15.7. The molecule has 0 spiro atoms. The molecule has 0 unspecified atom stereocenters. The fourth-order valence-electron chi connectivity index (χ4n) is 5.26. The Bertz CT molecular complexity index is 1220. The summed E-state index contributed by atoms with van der Waals surface area (Å²) in [6.07, 6.45) is 7.70. The van der Waals surface area contributed by atoms with Crippen LogP contribution in [-0.2, 0) is 19.4 Å². The lowest BCUT2D eigenvalue weighted by atomic mass is 9.99. The second kappa shape index (κ2) is 13.0. The molecule has 1 aliphatic carbocycles. The molecule has 0 saturated heterocycles. The lowest BCUT2D eigenvalue weighted by molar-refractivity contribution is 0.0954. The number of benzene rings is 3. The average Bonchev–Trinajstić information content (AvgIpc) is 3.75. The molecule has 1 heterocycles. The number of carbonyl (C=O) groups excluding carboxylic acids is 1. The van der Waals surface area contributed by atoms with E-state index in [1.807, 2.05) is 36.4 Å². The van der Waals surface area contributed by atoms with Gasteiger partial charge in [0, 0.05) is 31.6 Å². The Balaban J connectivity index is 1.28. The Kier molecular flexibility index (Phi) is 8.98. The number of amides is 1. The second-order valence-electron chi connectivity index (χ2n) is 10.8. The van der Waals surface area contributed by atoms with Crippen LogP contribution in [0.5, 0.6) is 11.5 Å². The zero-order valence-corrected chi connectivity index (χ0v) is 22.6. The van der Waals surface area contributed by atoms with Gasteiger partial charge in [0.1, 0.15) is 11.5 Å². The van der Waals surface area contributed by atoms with Crippen LogP contribution < -0.4 is 14.8 Å². The molecule has 200 valence electrons. The van der Waals surface area contributed by atoms with E-state index < -0.39 is 0 Å². The van der Waals surface area contributed by atoms with E-state index in [-0.39, 0.29) is 5.91 Å². The molecule has 1 saturated carbocycles. The first kappa shape index (κ1) is 26.3. The third-order valence-electron chi connectivity index (χ3n) is 7.54. The summed E-state index contributed by atoms with van der Waals surface area (Å²) in [5.74, 6) is 2.56. The van der Waals surface area contributed by atoms with Gasteiger partial charge in [-0.1, -0.05) is 36.4 Å². The van der Waals surface area contributed by atoms with Crippen molar-refractivity contribution in [1.82, 2.24) is 10.2 Å². The van der Waals surface area contributed by atoms with E-state index in [1.165, 1.54) is 43.4 Å². The van der Waals surface area contributed by atoms with Gasteiger partial charge in [0.15, 0.2) is 0 Å². The predicted octanol–water partition coefficient (Wildman–Crippen LogP) is 6.03. The third-order valence-corrected chi connectivity index (χ3v) is 7.54. The molecule has 1 fully saturated rings. The predicted molar refractivity (Wildman–Crippen MR) is 152 cm³/mol. The molecule has 2 aliphatic rings. The fourth-order valence-corrected chi connectivity index (χ4v) is 5.26. The Hall–Kier alpha value is -3.31. The Labute approximate surface area is 227 Å². The number of ether oxygens (including phenoxy) is 2. The highest BCUT2D eigenvalue weighted by atomic mass is 16.5. The molecular weight excluding hydrogens is 472 g/mol. The van der Waals surface area contributed by atoms with Gasteiger partial charge in [-0.2, -0.15) is 0 Å². The Morgan fingerprint density at radius 2 is 1.87 bits per heavy atom. The van der Waals surface area contributed by atoms with Crippen LogP contribution in [0.3, 0.4) is 0 Å². The molecule has 5 rings (SSSR count). The van der Waals surface area contributed by atoms with Crippen molar-refractivity contribution in [2.24, 2.45) is 5.92 Å². The van der Waals surface area contributed by atoms with E-state index in [0.717, 1.165) is 60.9 Å². The van der Waals surface area contributed by atoms with Crippen LogP contribution >= 0.6 is 0 Å². The fraction of sp³-hybridized carbons (Fsp3) is 0.424. The van der Waals surface area contributed by atoms with Crippen molar-refractivity contribution in [3.8, 4) is 11.5 Å². The highest BCUT2D eigenvalue weighted by Gasteiger charge is 2.24. The zero-order valence-electron chi connectivity index (χ0n) is 22.6. The van der Waals surface area contributed by atoms with E-state index >= 15 is 0 Å². The van der Waals surface area contributed by atoms with Crippen LogP contribution in [0.25, 0.3) is 0 Å². The van der Waals surface area contributed by atoms with Crippen molar-refractivity contribution >= 4 is 5.91 Å². The normalized spacial score (nSPS) is 16.6. The second-order valence-corrected chi connectivity index (χ2v) is 10.8. The van der Waals surface area contributed by atoms with Crippen LogP contribution in [0.1, 0.15) is 64.7 Å². The molecule has 2 bridgehead atoms. The smallest absolute Gasteiger partial charge is 0.251 e.